The lowest BCUT2D eigenvalue weighted by atomic mass is 9.90. The van der Waals surface area contributed by atoms with Crippen LogP contribution >= 0.6 is 0 Å². The van der Waals surface area contributed by atoms with E-state index in [0.29, 0.717) is 5.95 Å². The summed E-state index contributed by atoms with van der Waals surface area (Å²) in [6.45, 7) is 4.50. The largest absolute Gasteiger partial charge is 0.368 e. The number of aromatic nitrogens is 2. The molecule has 0 bridgehead atoms. The normalized spacial score (nSPS) is 29.1. The Kier molecular flexibility index (Phi) is 2.40. The Balaban J connectivity index is 1.77. The molecule has 2 aliphatic rings. The Bertz CT molecular complexity index is 366. The van der Waals surface area contributed by atoms with Crippen molar-refractivity contribution in [1.29, 1.82) is 0 Å². The van der Waals surface area contributed by atoms with Crippen molar-refractivity contribution in [2.75, 3.05) is 36.8 Å². The minimum absolute atomic E-state index is 0.366. The van der Waals surface area contributed by atoms with Crippen LogP contribution in [0.3, 0.4) is 0 Å². The molecule has 16 heavy (non-hydrogen) atoms. The predicted molar refractivity (Wildman–Crippen MR) is 63.1 cm³/mol. The molecule has 86 valence electrons. The molecule has 3 N–H and O–H groups in total. The van der Waals surface area contributed by atoms with Crippen LogP contribution in [0.1, 0.15) is 6.42 Å². The molecule has 2 fully saturated rings. The molecule has 5 heteroatoms. The molecule has 2 atom stereocenters. The van der Waals surface area contributed by atoms with E-state index in [-0.39, 0.29) is 0 Å². The van der Waals surface area contributed by atoms with Crippen molar-refractivity contribution in [3.8, 4) is 0 Å². The maximum atomic E-state index is 5.61. The summed E-state index contributed by atoms with van der Waals surface area (Å²) in [5, 5.41) is 3.46. The topological polar surface area (TPSA) is 67.1 Å². The molecule has 5 nitrogen and oxygen atoms in total. The molecule has 0 amide bonds. The van der Waals surface area contributed by atoms with Gasteiger partial charge in [0.25, 0.3) is 0 Å². The molecule has 0 aromatic carbocycles. The molecular weight excluding hydrogens is 202 g/mol. The molecule has 0 radical (unpaired) electrons. The summed E-state index contributed by atoms with van der Waals surface area (Å²) in [7, 11) is 0. The summed E-state index contributed by atoms with van der Waals surface area (Å²) < 4.78 is 0. The van der Waals surface area contributed by atoms with Gasteiger partial charge in [0.1, 0.15) is 5.82 Å². The fourth-order valence-electron chi connectivity index (χ4n) is 2.80. The number of anilines is 2. The lowest BCUT2D eigenvalue weighted by Crippen LogP contribution is -2.35. The molecule has 1 aromatic rings. The lowest BCUT2D eigenvalue weighted by molar-refractivity contribution is 0.318. The number of rotatable bonds is 1. The second-order valence-corrected chi connectivity index (χ2v) is 4.69. The van der Waals surface area contributed by atoms with Crippen LogP contribution in [-0.4, -0.2) is 36.1 Å². The van der Waals surface area contributed by atoms with Crippen molar-refractivity contribution in [2.24, 2.45) is 11.8 Å². The van der Waals surface area contributed by atoms with Gasteiger partial charge >= 0.3 is 0 Å². The summed E-state index contributed by atoms with van der Waals surface area (Å²) >= 11 is 0. The van der Waals surface area contributed by atoms with Gasteiger partial charge in [0.05, 0.1) is 0 Å². The summed E-state index contributed by atoms with van der Waals surface area (Å²) in [5.74, 6) is 2.93. The van der Waals surface area contributed by atoms with Crippen LogP contribution in [0.15, 0.2) is 12.3 Å². The van der Waals surface area contributed by atoms with E-state index in [1.807, 2.05) is 6.07 Å². The molecule has 1 aromatic heterocycles. The van der Waals surface area contributed by atoms with Crippen molar-refractivity contribution < 1.29 is 0 Å². The molecule has 0 saturated carbocycles. The zero-order valence-electron chi connectivity index (χ0n) is 9.26. The summed E-state index contributed by atoms with van der Waals surface area (Å²) in [6, 6.07) is 1.95. The first-order chi connectivity index (χ1) is 7.83. The van der Waals surface area contributed by atoms with Crippen LogP contribution < -0.4 is 16.0 Å². The van der Waals surface area contributed by atoms with Crippen molar-refractivity contribution in [3.63, 3.8) is 0 Å². The standard InChI is InChI=1S/C11H17N5/c12-11-14-4-2-10(15-11)16-6-8-1-3-13-5-9(8)7-16/h2,4,8-9,13H,1,3,5-7H2,(H2,12,14,15)/t8-,9+/m0/s1. The number of nitrogens with two attached hydrogens (primary N) is 1. The molecular formula is C11H17N5. The van der Waals surface area contributed by atoms with Gasteiger partial charge in [-0.05, 0) is 37.4 Å². The smallest absolute Gasteiger partial charge is 0.221 e. The minimum Gasteiger partial charge on any atom is -0.368 e. The van der Waals surface area contributed by atoms with Crippen LogP contribution in [0.2, 0.25) is 0 Å². The molecule has 3 rings (SSSR count). The van der Waals surface area contributed by atoms with Crippen LogP contribution in [0.4, 0.5) is 11.8 Å². The van der Waals surface area contributed by atoms with Gasteiger partial charge in [0, 0.05) is 19.3 Å². The Labute approximate surface area is 95.1 Å². The number of piperidine rings is 1. The zero-order valence-corrected chi connectivity index (χ0v) is 9.26. The van der Waals surface area contributed by atoms with Crippen LogP contribution in [-0.2, 0) is 0 Å². The van der Waals surface area contributed by atoms with Gasteiger partial charge in [-0.2, -0.15) is 4.98 Å². The van der Waals surface area contributed by atoms with Crippen LogP contribution in [0, 0.1) is 11.8 Å². The van der Waals surface area contributed by atoms with E-state index < -0.39 is 0 Å². The zero-order chi connectivity index (χ0) is 11.0. The lowest BCUT2D eigenvalue weighted by Gasteiger charge is -2.23. The highest BCUT2D eigenvalue weighted by Crippen LogP contribution is 2.30. The van der Waals surface area contributed by atoms with Gasteiger partial charge in [0.2, 0.25) is 5.95 Å². The van der Waals surface area contributed by atoms with E-state index >= 15 is 0 Å². The number of hydrogen-bond donors (Lipinski definition) is 2. The highest BCUT2D eigenvalue weighted by molar-refractivity contribution is 5.42. The van der Waals surface area contributed by atoms with E-state index in [1.54, 1.807) is 6.20 Å². The number of nitrogens with one attached hydrogen (secondary N) is 1. The van der Waals surface area contributed by atoms with Crippen molar-refractivity contribution in [1.82, 2.24) is 15.3 Å². The molecule has 2 aliphatic heterocycles. The number of fused-ring (bicyclic) bond motifs is 1. The van der Waals surface area contributed by atoms with E-state index in [0.717, 1.165) is 43.8 Å². The molecule has 0 spiro atoms. The molecule has 0 aliphatic carbocycles. The van der Waals surface area contributed by atoms with Crippen molar-refractivity contribution in [3.05, 3.63) is 12.3 Å². The summed E-state index contributed by atoms with van der Waals surface area (Å²) in [4.78, 5) is 10.5. The van der Waals surface area contributed by atoms with Gasteiger partial charge in [-0.25, -0.2) is 4.98 Å². The SMILES string of the molecule is Nc1nccc(N2C[C@H]3CNCC[C@H]3C2)n1. The quantitative estimate of drug-likeness (QED) is 0.701. The van der Waals surface area contributed by atoms with Gasteiger partial charge in [-0.3, -0.25) is 0 Å². The fourth-order valence-corrected chi connectivity index (χ4v) is 2.80. The Morgan fingerprint density at radius 3 is 3.06 bits per heavy atom. The molecule has 2 saturated heterocycles. The first-order valence-corrected chi connectivity index (χ1v) is 5.87. The van der Waals surface area contributed by atoms with Crippen LogP contribution in [0.25, 0.3) is 0 Å². The maximum Gasteiger partial charge on any atom is 0.221 e. The third-order valence-electron chi connectivity index (χ3n) is 3.66. The second-order valence-electron chi connectivity index (χ2n) is 4.69. The van der Waals surface area contributed by atoms with E-state index in [4.69, 9.17) is 5.73 Å². The molecule has 0 unspecified atom stereocenters. The Morgan fingerprint density at radius 1 is 1.38 bits per heavy atom. The first kappa shape index (κ1) is 9.84. The van der Waals surface area contributed by atoms with Gasteiger partial charge < -0.3 is 16.0 Å². The average molecular weight is 219 g/mol. The van der Waals surface area contributed by atoms with E-state index in [1.165, 1.54) is 6.42 Å². The third kappa shape index (κ3) is 1.71. The average Bonchev–Trinajstić information content (AvgIpc) is 2.72. The summed E-state index contributed by atoms with van der Waals surface area (Å²) in [6.07, 6.45) is 3.01. The van der Waals surface area contributed by atoms with Crippen LogP contribution in [0.5, 0.6) is 0 Å². The first-order valence-electron chi connectivity index (χ1n) is 5.87. The highest BCUT2D eigenvalue weighted by atomic mass is 15.2. The number of nitrogen functional groups attached to an aromatic ring is 1. The summed E-state index contributed by atoms with van der Waals surface area (Å²) in [5.41, 5.74) is 5.61. The van der Waals surface area contributed by atoms with E-state index in [2.05, 4.69) is 20.2 Å². The minimum atomic E-state index is 0.366. The monoisotopic (exact) mass is 219 g/mol. The Morgan fingerprint density at radius 2 is 2.25 bits per heavy atom. The van der Waals surface area contributed by atoms with E-state index in [9.17, 15) is 0 Å². The highest BCUT2D eigenvalue weighted by Gasteiger charge is 2.34. The van der Waals surface area contributed by atoms with Gasteiger partial charge in [-0.1, -0.05) is 0 Å². The fraction of sp³-hybridized carbons (Fsp3) is 0.636. The second kappa shape index (κ2) is 3.90. The van der Waals surface area contributed by atoms with Crippen molar-refractivity contribution >= 4 is 11.8 Å². The third-order valence-corrected chi connectivity index (χ3v) is 3.66. The number of hydrogen-bond acceptors (Lipinski definition) is 5. The van der Waals surface area contributed by atoms with Gasteiger partial charge in [0.15, 0.2) is 0 Å². The molecule has 3 heterocycles. The predicted octanol–water partition coefficient (Wildman–Crippen LogP) is 0.104. The van der Waals surface area contributed by atoms with Gasteiger partial charge in [-0.15, -0.1) is 0 Å². The van der Waals surface area contributed by atoms with Crippen molar-refractivity contribution in [2.45, 2.75) is 6.42 Å². The maximum absolute atomic E-state index is 5.61. The number of nitrogens with zero attached hydrogens (tertiary/aromatic N) is 3. The Hall–Kier alpha value is -1.36.